The quantitative estimate of drug-likeness (QED) is 0.821. The number of hydrogen-bond donors (Lipinski definition) is 0. The van der Waals surface area contributed by atoms with E-state index in [0.717, 1.165) is 10.0 Å². The summed E-state index contributed by atoms with van der Waals surface area (Å²) in [6.07, 6.45) is 1.51. The topological polar surface area (TPSA) is 26.3 Å². The van der Waals surface area contributed by atoms with Gasteiger partial charge in [0, 0.05) is 10.7 Å². The second-order valence-electron chi connectivity index (χ2n) is 2.25. The molecule has 0 aliphatic carbocycles. The van der Waals surface area contributed by atoms with Crippen LogP contribution in [0.2, 0.25) is 0 Å². The van der Waals surface area contributed by atoms with Gasteiger partial charge in [0.2, 0.25) is 0 Å². The van der Waals surface area contributed by atoms with Crippen molar-refractivity contribution in [3.05, 3.63) is 34.3 Å². The van der Waals surface area contributed by atoms with Crippen LogP contribution in [0.4, 0.5) is 0 Å². The van der Waals surface area contributed by atoms with E-state index >= 15 is 0 Å². The predicted molar refractivity (Wildman–Crippen MR) is 53.0 cm³/mol. The Morgan fingerprint density at radius 2 is 2.17 bits per heavy atom. The smallest absolute Gasteiger partial charge is 0.152 e. The van der Waals surface area contributed by atoms with Gasteiger partial charge in [0.15, 0.2) is 11.1 Å². The highest BCUT2D eigenvalue weighted by atomic mass is 79.9. The SMILES string of the molecule is CS(=O)OCc1ccccc1Br. The Morgan fingerprint density at radius 1 is 1.50 bits per heavy atom. The Labute approximate surface area is 82.7 Å². The third-order valence-corrected chi connectivity index (χ3v) is 2.56. The van der Waals surface area contributed by atoms with Gasteiger partial charge in [-0.25, -0.2) is 4.21 Å². The molecule has 0 saturated heterocycles. The molecule has 0 spiro atoms. The highest BCUT2D eigenvalue weighted by molar-refractivity contribution is 9.10. The first-order valence-corrected chi connectivity index (χ1v) is 5.68. The molecule has 12 heavy (non-hydrogen) atoms. The van der Waals surface area contributed by atoms with Crippen LogP contribution in [-0.2, 0) is 21.9 Å². The van der Waals surface area contributed by atoms with Crippen molar-refractivity contribution in [1.29, 1.82) is 0 Å². The van der Waals surface area contributed by atoms with E-state index in [-0.39, 0.29) is 0 Å². The molecule has 1 aromatic carbocycles. The van der Waals surface area contributed by atoms with Gasteiger partial charge in [-0.2, -0.15) is 0 Å². The summed E-state index contributed by atoms with van der Waals surface area (Å²) in [6.45, 7) is 0.379. The highest BCUT2D eigenvalue weighted by Gasteiger charge is 1.98. The second-order valence-corrected chi connectivity index (χ2v) is 4.15. The van der Waals surface area contributed by atoms with Gasteiger partial charge >= 0.3 is 0 Å². The zero-order chi connectivity index (χ0) is 8.97. The van der Waals surface area contributed by atoms with Crippen molar-refractivity contribution in [1.82, 2.24) is 0 Å². The minimum absolute atomic E-state index is 0.379. The number of hydrogen-bond acceptors (Lipinski definition) is 2. The third-order valence-electron chi connectivity index (χ3n) is 1.34. The van der Waals surface area contributed by atoms with Crippen molar-refractivity contribution in [3.8, 4) is 0 Å². The number of halogens is 1. The molecule has 0 bridgehead atoms. The van der Waals surface area contributed by atoms with Crippen LogP contribution in [0.15, 0.2) is 28.7 Å². The maximum absolute atomic E-state index is 10.6. The minimum Gasteiger partial charge on any atom is -0.286 e. The summed E-state index contributed by atoms with van der Waals surface area (Å²) in [5, 5.41) is 0. The van der Waals surface area contributed by atoms with E-state index in [1.807, 2.05) is 24.3 Å². The summed E-state index contributed by atoms with van der Waals surface area (Å²) in [5.74, 6) is 0. The standard InChI is InChI=1S/C8H9BrO2S/c1-12(10)11-6-7-4-2-3-5-8(7)9/h2-5H,6H2,1H3. The normalized spacial score (nSPS) is 12.8. The molecule has 4 heteroatoms. The maximum atomic E-state index is 10.6. The molecule has 0 aromatic heterocycles. The van der Waals surface area contributed by atoms with Crippen LogP contribution >= 0.6 is 15.9 Å². The van der Waals surface area contributed by atoms with Crippen LogP contribution in [0.5, 0.6) is 0 Å². The molecule has 0 aliphatic heterocycles. The molecule has 2 nitrogen and oxygen atoms in total. The van der Waals surface area contributed by atoms with E-state index in [2.05, 4.69) is 15.9 Å². The first-order valence-electron chi connectivity index (χ1n) is 3.40. The van der Waals surface area contributed by atoms with Crippen molar-refractivity contribution < 1.29 is 8.39 Å². The zero-order valence-corrected chi connectivity index (χ0v) is 9.02. The molecular weight excluding hydrogens is 240 g/mol. The van der Waals surface area contributed by atoms with Gasteiger partial charge in [0.05, 0.1) is 6.61 Å². The fourth-order valence-corrected chi connectivity index (χ4v) is 1.45. The van der Waals surface area contributed by atoms with Gasteiger partial charge in [0.1, 0.15) is 0 Å². The van der Waals surface area contributed by atoms with Crippen LogP contribution in [-0.4, -0.2) is 10.5 Å². The molecule has 1 rings (SSSR count). The highest BCUT2D eigenvalue weighted by Crippen LogP contribution is 2.16. The summed E-state index contributed by atoms with van der Waals surface area (Å²) in [4.78, 5) is 0. The average molecular weight is 249 g/mol. The molecule has 0 fully saturated rings. The first-order chi connectivity index (χ1) is 5.70. The van der Waals surface area contributed by atoms with E-state index in [1.165, 1.54) is 6.26 Å². The van der Waals surface area contributed by atoms with Gasteiger partial charge < -0.3 is 0 Å². The van der Waals surface area contributed by atoms with Gasteiger partial charge in [0.25, 0.3) is 0 Å². The zero-order valence-electron chi connectivity index (χ0n) is 6.62. The monoisotopic (exact) mass is 248 g/mol. The van der Waals surface area contributed by atoms with E-state index in [9.17, 15) is 4.21 Å². The number of benzene rings is 1. The lowest BCUT2D eigenvalue weighted by Crippen LogP contribution is -1.95. The summed E-state index contributed by atoms with van der Waals surface area (Å²) in [5.41, 5.74) is 1.01. The Balaban J connectivity index is 2.63. The van der Waals surface area contributed by atoms with Gasteiger partial charge in [-0.15, -0.1) is 0 Å². The lowest BCUT2D eigenvalue weighted by atomic mass is 10.2. The predicted octanol–water partition coefficient (Wildman–Crippen LogP) is 2.26. The molecule has 0 radical (unpaired) electrons. The summed E-state index contributed by atoms with van der Waals surface area (Å²) >= 11 is 2.17. The van der Waals surface area contributed by atoms with E-state index < -0.39 is 11.1 Å². The molecule has 0 amide bonds. The van der Waals surface area contributed by atoms with Gasteiger partial charge in [-0.3, -0.25) is 4.18 Å². The van der Waals surface area contributed by atoms with Gasteiger partial charge in [-0.1, -0.05) is 34.1 Å². The lowest BCUT2D eigenvalue weighted by molar-refractivity contribution is 0.339. The fourth-order valence-electron chi connectivity index (χ4n) is 0.762. The van der Waals surface area contributed by atoms with Crippen LogP contribution < -0.4 is 0 Å². The van der Waals surface area contributed by atoms with Crippen molar-refractivity contribution in [2.24, 2.45) is 0 Å². The third kappa shape index (κ3) is 3.05. The van der Waals surface area contributed by atoms with E-state index in [1.54, 1.807) is 0 Å². The average Bonchev–Trinajstić information content (AvgIpc) is 2.03. The van der Waals surface area contributed by atoms with Crippen molar-refractivity contribution in [2.75, 3.05) is 6.26 Å². The van der Waals surface area contributed by atoms with E-state index in [0.29, 0.717) is 6.61 Å². The largest absolute Gasteiger partial charge is 0.286 e. The van der Waals surface area contributed by atoms with Crippen LogP contribution in [0, 0.1) is 0 Å². The van der Waals surface area contributed by atoms with Crippen molar-refractivity contribution in [3.63, 3.8) is 0 Å². The van der Waals surface area contributed by atoms with Crippen LogP contribution in [0.1, 0.15) is 5.56 Å². The molecular formula is C8H9BrO2S. The Hall–Kier alpha value is -0.190. The summed E-state index contributed by atoms with van der Waals surface area (Å²) in [7, 11) is 0. The summed E-state index contributed by atoms with van der Waals surface area (Å²) in [6, 6.07) is 7.70. The fraction of sp³-hybridized carbons (Fsp3) is 0.250. The molecule has 0 N–H and O–H groups in total. The van der Waals surface area contributed by atoms with Crippen molar-refractivity contribution >= 4 is 27.0 Å². The molecule has 66 valence electrons. The summed E-state index contributed by atoms with van der Waals surface area (Å²) < 4.78 is 16.5. The minimum atomic E-state index is -1.20. The molecule has 1 aromatic rings. The van der Waals surface area contributed by atoms with Crippen LogP contribution in [0.3, 0.4) is 0 Å². The lowest BCUT2D eigenvalue weighted by Gasteiger charge is -2.01. The Bertz CT molecular complexity index is 288. The Morgan fingerprint density at radius 3 is 2.75 bits per heavy atom. The molecule has 0 saturated carbocycles. The molecule has 1 atom stereocenters. The van der Waals surface area contributed by atoms with Gasteiger partial charge in [-0.05, 0) is 11.6 Å². The van der Waals surface area contributed by atoms with Crippen molar-refractivity contribution in [2.45, 2.75) is 6.61 Å². The maximum Gasteiger partial charge on any atom is 0.152 e. The number of rotatable bonds is 3. The molecule has 0 aliphatic rings. The Kier molecular flexibility index (Phi) is 3.91. The van der Waals surface area contributed by atoms with Crippen LogP contribution in [0.25, 0.3) is 0 Å². The van der Waals surface area contributed by atoms with E-state index in [4.69, 9.17) is 4.18 Å². The first kappa shape index (κ1) is 9.89. The second kappa shape index (κ2) is 4.74. The molecule has 1 unspecified atom stereocenters. The molecule has 0 heterocycles.